The number of likely N-dealkylation sites (tertiary alicyclic amines) is 2. The van der Waals surface area contributed by atoms with Gasteiger partial charge in [0.05, 0.1) is 68.3 Å². The van der Waals surface area contributed by atoms with E-state index in [9.17, 15) is 47.1 Å². The van der Waals surface area contributed by atoms with Crippen molar-refractivity contribution >= 4 is 64.5 Å². The van der Waals surface area contributed by atoms with E-state index < -0.39 is 83.7 Å². The smallest absolute Gasteiger partial charge is 0.323 e. The van der Waals surface area contributed by atoms with Crippen molar-refractivity contribution in [2.24, 2.45) is 5.92 Å². The molecule has 10 rings (SSSR count). The topological polar surface area (TPSA) is 300 Å². The van der Waals surface area contributed by atoms with E-state index in [-0.39, 0.29) is 107 Å². The number of ether oxygens (including phenoxy) is 4. The number of esters is 1. The van der Waals surface area contributed by atoms with Gasteiger partial charge in [0.25, 0.3) is 24.1 Å². The number of pyridine rings is 1. The highest BCUT2D eigenvalue weighted by Gasteiger charge is 2.46. The molecule has 7 amide bonds. The largest absolute Gasteiger partial charge is 0.459 e. The van der Waals surface area contributed by atoms with Crippen molar-refractivity contribution in [1.29, 1.82) is 0 Å². The summed E-state index contributed by atoms with van der Waals surface area (Å²) in [7, 11) is 1.84. The van der Waals surface area contributed by atoms with Gasteiger partial charge >= 0.3 is 5.97 Å². The molecule has 27 heteroatoms. The minimum atomic E-state index is -3.04. The number of piperidine rings is 1. The molecule has 25 nitrogen and oxygen atoms in total. The Morgan fingerprint density at radius 1 is 0.880 bits per heavy atom. The number of alkyl halides is 2. The first-order chi connectivity index (χ1) is 40.2. The molecule has 4 atom stereocenters. The number of oxazole rings is 1. The van der Waals surface area contributed by atoms with Gasteiger partial charge in [-0.25, -0.2) is 23.4 Å². The molecule has 5 N–H and O–H groups in total. The van der Waals surface area contributed by atoms with Crippen LogP contribution >= 0.6 is 0 Å². The summed E-state index contributed by atoms with van der Waals surface area (Å²) in [6, 6.07) is 12.2. The van der Waals surface area contributed by atoms with Crippen LogP contribution in [0.1, 0.15) is 93.8 Å². The third kappa shape index (κ3) is 13.9. The highest BCUT2D eigenvalue weighted by Crippen LogP contribution is 2.34. The molecule has 3 aromatic heterocycles. The van der Waals surface area contributed by atoms with E-state index in [1.165, 1.54) is 34.7 Å². The Bertz CT molecular complexity index is 3240. The van der Waals surface area contributed by atoms with Crippen LogP contribution in [-0.4, -0.2) is 179 Å². The van der Waals surface area contributed by atoms with E-state index >= 15 is 0 Å². The molecule has 0 spiro atoms. The first kappa shape index (κ1) is 57.7. The van der Waals surface area contributed by atoms with Gasteiger partial charge in [-0.15, -0.1) is 0 Å². The Balaban J connectivity index is 0.669. The zero-order valence-electron chi connectivity index (χ0n) is 45.3. The number of halogens is 2. The Labute approximate surface area is 474 Å². The molecule has 438 valence electrons. The average molecular weight is 1150 g/mol. The highest BCUT2D eigenvalue weighted by molar-refractivity contribution is 6.25. The van der Waals surface area contributed by atoms with Crippen LogP contribution in [0.5, 0.6) is 0 Å². The summed E-state index contributed by atoms with van der Waals surface area (Å²) < 4.78 is 58.1. The predicted molar refractivity (Wildman–Crippen MR) is 289 cm³/mol. The number of hydrogen-bond acceptors (Lipinski definition) is 19. The number of likely N-dealkylation sites (N-methyl/N-ethyl adjacent to an activating group) is 1. The zero-order chi connectivity index (χ0) is 58.1. The highest BCUT2D eigenvalue weighted by atomic mass is 19.3. The van der Waals surface area contributed by atoms with E-state index in [1.807, 2.05) is 11.9 Å². The normalized spacial score (nSPS) is 19.8. The van der Waals surface area contributed by atoms with Crippen LogP contribution < -0.4 is 26.6 Å². The van der Waals surface area contributed by atoms with Gasteiger partial charge in [-0.1, -0.05) is 18.2 Å². The van der Waals surface area contributed by atoms with Gasteiger partial charge in [0.1, 0.15) is 42.9 Å². The van der Waals surface area contributed by atoms with Gasteiger partial charge in [-0.3, -0.25) is 53.5 Å². The van der Waals surface area contributed by atoms with Crippen molar-refractivity contribution in [2.45, 2.75) is 82.1 Å². The van der Waals surface area contributed by atoms with Crippen LogP contribution in [0.3, 0.4) is 0 Å². The quantitative estimate of drug-likeness (QED) is 0.0299. The van der Waals surface area contributed by atoms with E-state index in [0.29, 0.717) is 40.7 Å². The van der Waals surface area contributed by atoms with E-state index in [1.54, 1.807) is 54.7 Å². The maximum absolute atomic E-state index is 14.3. The number of imide groups is 2. The number of amides is 7. The van der Waals surface area contributed by atoms with Gasteiger partial charge in [-0.2, -0.15) is 5.10 Å². The second kappa shape index (κ2) is 26.2. The Morgan fingerprint density at radius 2 is 1.66 bits per heavy atom. The monoisotopic (exact) mass is 1150 g/mol. The minimum absolute atomic E-state index is 0.0146. The van der Waals surface area contributed by atoms with Crippen LogP contribution in [0, 0.1) is 5.92 Å². The Morgan fingerprint density at radius 3 is 2.41 bits per heavy atom. The maximum Gasteiger partial charge on any atom is 0.323 e. The number of anilines is 3. The third-order valence-electron chi connectivity index (χ3n) is 14.8. The van der Waals surface area contributed by atoms with Crippen LogP contribution in [-0.2, 0) is 49.5 Å². The lowest BCUT2D eigenvalue weighted by atomic mass is 10.0. The standard InChI is InChI=1S/C56H62F2N12O13/c1-67-18-3-6-42(67)56(78)83-36-25-43(68(28-36)46(72)31-81-23-22-80-21-20-79-19-17-59-38-5-2-4-37-47(38)55(77)70(54(37)76)41-13-14-45(71)65-52(41)75)51(74)62-27-33-9-11-35(12-10-33)69-29-39(48(66-69)49(57)58)63-50(73)40-30-82-53(64-40)34-15-16-60-44(24-34)61-26-32-7-8-32/h2,4-5,9-12,15-16,24,29-30,32,36,41-43,49,59H,3,6-8,13-14,17-23,25-28,31H2,1H3,(H,60,61)(H,62,74)(H,63,73)(H,65,71,75)/t36-,41?,42+,43+/m1/s1. The first-order valence-corrected chi connectivity index (χ1v) is 27.4. The molecule has 0 radical (unpaired) electrons. The maximum atomic E-state index is 14.3. The zero-order valence-corrected chi connectivity index (χ0v) is 45.3. The van der Waals surface area contributed by atoms with Gasteiger partial charge in [-0.05, 0) is 93.6 Å². The molecular formula is C56H62F2N12O13. The van der Waals surface area contributed by atoms with Crippen LogP contribution in [0.25, 0.3) is 17.1 Å². The summed E-state index contributed by atoms with van der Waals surface area (Å²) in [5.41, 5.74) is 1.23. The van der Waals surface area contributed by atoms with Crippen LogP contribution in [0.4, 0.5) is 26.0 Å². The molecule has 5 aliphatic rings. The summed E-state index contributed by atoms with van der Waals surface area (Å²) in [4.78, 5) is 117. The van der Waals surface area contributed by atoms with Crippen molar-refractivity contribution in [3.63, 3.8) is 0 Å². The molecular weight excluding hydrogens is 1090 g/mol. The second-order valence-electron chi connectivity index (χ2n) is 20.7. The summed E-state index contributed by atoms with van der Waals surface area (Å²) in [6.45, 7) is 2.19. The average Bonchev–Trinajstić information content (AvgIpc) is 2.23. The molecule has 5 aromatic rings. The number of rotatable bonds is 26. The number of nitrogens with one attached hydrogen (secondary N) is 5. The molecule has 83 heavy (non-hydrogen) atoms. The van der Waals surface area contributed by atoms with Gasteiger partial charge in [0.15, 0.2) is 11.4 Å². The number of carbonyl (C=O) groups is 8. The van der Waals surface area contributed by atoms with E-state index in [2.05, 4.69) is 41.7 Å². The summed E-state index contributed by atoms with van der Waals surface area (Å²) in [5, 5.41) is 17.9. The van der Waals surface area contributed by atoms with Crippen LogP contribution in [0.2, 0.25) is 0 Å². The lowest BCUT2D eigenvalue weighted by Crippen LogP contribution is -2.54. The van der Waals surface area contributed by atoms with Gasteiger partial charge in [0.2, 0.25) is 29.5 Å². The SMILES string of the molecule is CN1CCC[C@H]1C(=O)O[C@@H]1C[C@@H](C(=O)NCc2ccc(-n3cc(NC(=O)c4coc(-c5ccnc(NCC6CC6)c5)n4)c(C(F)F)n3)cc2)N(C(=O)COCCOCCOCCNc2cccc3c2C(=O)N(C2CCC(=O)NC2=O)C3=O)C1. The molecule has 2 aromatic carbocycles. The number of carbonyl (C=O) groups excluding carboxylic acids is 8. The lowest BCUT2D eigenvalue weighted by Gasteiger charge is -2.27. The number of fused-ring (bicyclic) bond motifs is 1. The minimum Gasteiger partial charge on any atom is -0.459 e. The fraction of sp³-hybridized carbons (Fsp3) is 0.446. The number of aromatic nitrogens is 4. The fourth-order valence-corrected chi connectivity index (χ4v) is 10.2. The molecule has 1 saturated carbocycles. The van der Waals surface area contributed by atoms with Crippen molar-refractivity contribution in [3.05, 3.63) is 101 Å². The van der Waals surface area contributed by atoms with Gasteiger partial charge < -0.3 is 49.5 Å². The number of hydrogen-bond donors (Lipinski definition) is 5. The molecule has 4 aliphatic heterocycles. The summed E-state index contributed by atoms with van der Waals surface area (Å²) in [5.74, 6) is -3.18. The molecule has 3 saturated heterocycles. The lowest BCUT2D eigenvalue weighted by molar-refractivity contribution is -0.154. The van der Waals surface area contributed by atoms with E-state index in [4.69, 9.17) is 23.4 Å². The van der Waals surface area contributed by atoms with Crippen LogP contribution in [0.15, 0.2) is 77.7 Å². The predicted octanol–water partition coefficient (Wildman–Crippen LogP) is 3.72. The third-order valence-corrected chi connectivity index (χ3v) is 14.8. The van der Waals surface area contributed by atoms with Crippen molar-refractivity contribution in [2.75, 3.05) is 88.8 Å². The number of nitrogens with zero attached hydrogens (tertiary/aromatic N) is 7. The second-order valence-corrected chi connectivity index (χ2v) is 20.7. The van der Waals surface area contributed by atoms with Gasteiger partial charge in [0, 0.05) is 49.9 Å². The molecule has 0 bridgehead atoms. The van der Waals surface area contributed by atoms with Crippen molar-refractivity contribution < 1.29 is 70.5 Å². The number of benzene rings is 2. The molecule has 1 aliphatic carbocycles. The Hall–Kier alpha value is -8.53. The van der Waals surface area contributed by atoms with Crippen molar-refractivity contribution in [1.82, 2.24) is 45.1 Å². The summed E-state index contributed by atoms with van der Waals surface area (Å²) in [6.07, 6.45) is 4.12. The molecule has 1 unspecified atom stereocenters. The molecule has 4 fully saturated rings. The molecule has 7 heterocycles. The van der Waals surface area contributed by atoms with E-state index in [0.717, 1.165) is 30.7 Å². The van der Waals surface area contributed by atoms with Crippen molar-refractivity contribution in [3.8, 4) is 17.1 Å². The fourth-order valence-electron chi connectivity index (χ4n) is 10.2. The Kier molecular flexibility index (Phi) is 18.2. The summed E-state index contributed by atoms with van der Waals surface area (Å²) >= 11 is 0. The first-order valence-electron chi connectivity index (χ1n) is 27.4.